The Kier molecular flexibility index (Phi) is 4.26. The second-order valence-electron chi connectivity index (χ2n) is 4.01. The normalized spacial score (nSPS) is 11.5. The third-order valence-electron chi connectivity index (χ3n) is 2.34. The maximum atomic E-state index is 11.2. The molecule has 0 fully saturated rings. The van der Waals surface area contributed by atoms with E-state index in [4.69, 9.17) is 16.7 Å². The highest BCUT2D eigenvalue weighted by molar-refractivity contribution is 7.85. The van der Waals surface area contributed by atoms with Crippen LogP contribution in [0.2, 0.25) is 5.02 Å². The first-order valence-electron chi connectivity index (χ1n) is 5.55. The van der Waals surface area contributed by atoms with Crippen LogP contribution >= 0.6 is 11.6 Å². The molecule has 21 heavy (non-hydrogen) atoms. The Morgan fingerprint density at radius 2 is 2.24 bits per heavy atom. The van der Waals surface area contributed by atoms with Crippen molar-refractivity contribution in [1.29, 1.82) is 0 Å². The molecule has 0 aromatic carbocycles. The van der Waals surface area contributed by atoms with Crippen molar-refractivity contribution in [3.63, 3.8) is 0 Å². The lowest BCUT2D eigenvalue weighted by Crippen LogP contribution is -2.10. The summed E-state index contributed by atoms with van der Waals surface area (Å²) in [6.45, 7) is -0.378. The van der Waals surface area contributed by atoms with Gasteiger partial charge in [0.1, 0.15) is 6.61 Å². The van der Waals surface area contributed by atoms with E-state index in [1.165, 1.54) is 18.3 Å². The number of carbonyl (C=O) groups is 1. The van der Waals surface area contributed by atoms with E-state index >= 15 is 0 Å². The second kappa shape index (κ2) is 5.80. The molecule has 0 amide bonds. The van der Waals surface area contributed by atoms with Gasteiger partial charge in [-0.3, -0.25) is 4.18 Å². The van der Waals surface area contributed by atoms with Crippen LogP contribution in [-0.4, -0.2) is 40.5 Å². The van der Waals surface area contributed by atoms with Crippen molar-refractivity contribution in [2.75, 3.05) is 6.26 Å². The van der Waals surface area contributed by atoms with Crippen LogP contribution in [0.4, 0.5) is 0 Å². The average Bonchev–Trinajstić information content (AvgIpc) is 2.80. The molecular formula is C11H10ClN3O5S. The number of halogens is 1. The Balaban J connectivity index is 2.44. The minimum absolute atomic E-state index is 0.125. The Hall–Kier alpha value is -1.97. The van der Waals surface area contributed by atoms with Gasteiger partial charge in [-0.05, 0) is 18.2 Å². The van der Waals surface area contributed by atoms with Crippen LogP contribution in [0.1, 0.15) is 16.2 Å². The first kappa shape index (κ1) is 15.4. The van der Waals surface area contributed by atoms with Gasteiger partial charge in [0.15, 0.2) is 11.5 Å². The van der Waals surface area contributed by atoms with E-state index < -0.39 is 16.1 Å². The fourth-order valence-electron chi connectivity index (χ4n) is 1.52. The maximum Gasteiger partial charge on any atom is 0.354 e. The Bertz CT molecular complexity index is 787. The predicted molar refractivity (Wildman–Crippen MR) is 73.0 cm³/mol. The molecule has 112 valence electrons. The molecule has 0 radical (unpaired) electrons. The lowest BCUT2D eigenvalue weighted by atomic mass is 10.3. The molecule has 8 nitrogen and oxygen atoms in total. The van der Waals surface area contributed by atoms with Crippen LogP contribution in [0.5, 0.6) is 0 Å². The first-order valence-corrected chi connectivity index (χ1v) is 7.75. The van der Waals surface area contributed by atoms with Crippen LogP contribution < -0.4 is 0 Å². The summed E-state index contributed by atoms with van der Waals surface area (Å²) in [6, 6.07) is 4.31. The molecule has 0 spiro atoms. The van der Waals surface area contributed by atoms with Crippen LogP contribution in [-0.2, 0) is 20.9 Å². The predicted octanol–water partition coefficient (Wildman–Crippen LogP) is 1.10. The largest absolute Gasteiger partial charge is 0.477 e. The van der Waals surface area contributed by atoms with Crippen molar-refractivity contribution >= 4 is 27.7 Å². The monoisotopic (exact) mass is 331 g/mol. The second-order valence-corrected chi connectivity index (χ2v) is 6.06. The van der Waals surface area contributed by atoms with Gasteiger partial charge < -0.3 is 5.11 Å². The van der Waals surface area contributed by atoms with Gasteiger partial charge in [0, 0.05) is 6.20 Å². The Morgan fingerprint density at radius 3 is 2.81 bits per heavy atom. The molecule has 0 atom stereocenters. The van der Waals surface area contributed by atoms with E-state index in [-0.39, 0.29) is 28.8 Å². The van der Waals surface area contributed by atoms with Gasteiger partial charge in [0.25, 0.3) is 10.1 Å². The summed E-state index contributed by atoms with van der Waals surface area (Å²) < 4.78 is 27.5. The number of hydrogen-bond donors (Lipinski definition) is 1. The molecular weight excluding hydrogens is 322 g/mol. The molecule has 0 saturated carbocycles. The van der Waals surface area contributed by atoms with E-state index in [2.05, 4.69) is 14.3 Å². The van der Waals surface area contributed by atoms with Crippen molar-refractivity contribution in [2.24, 2.45) is 0 Å². The lowest BCUT2D eigenvalue weighted by molar-refractivity contribution is 0.0686. The molecule has 0 unspecified atom stereocenters. The number of rotatable bonds is 5. The summed E-state index contributed by atoms with van der Waals surface area (Å²) in [5.41, 5.74) is -0.0813. The van der Waals surface area contributed by atoms with Crippen molar-refractivity contribution in [3.8, 4) is 5.82 Å². The summed E-state index contributed by atoms with van der Waals surface area (Å²) in [5.74, 6) is -1.13. The van der Waals surface area contributed by atoms with Crippen LogP contribution in [0.15, 0.2) is 24.4 Å². The van der Waals surface area contributed by atoms with Crippen molar-refractivity contribution in [2.45, 2.75) is 6.61 Å². The summed E-state index contributed by atoms with van der Waals surface area (Å²) in [5, 5.41) is 13.3. The minimum atomic E-state index is -3.66. The molecule has 2 aromatic rings. The zero-order valence-electron chi connectivity index (χ0n) is 10.7. The fourth-order valence-corrected chi connectivity index (χ4v) is 2.05. The van der Waals surface area contributed by atoms with Crippen molar-refractivity contribution in [3.05, 3.63) is 40.8 Å². The van der Waals surface area contributed by atoms with Gasteiger partial charge in [0.2, 0.25) is 0 Å². The molecule has 0 aliphatic carbocycles. The molecule has 0 saturated heterocycles. The number of hydrogen-bond acceptors (Lipinski definition) is 6. The van der Waals surface area contributed by atoms with E-state index in [0.717, 1.165) is 10.9 Å². The van der Waals surface area contributed by atoms with E-state index in [1.54, 1.807) is 6.07 Å². The zero-order chi connectivity index (χ0) is 15.6. The third-order valence-corrected chi connectivity index (χ3v) is 3.18. The molecule has 2 rings (SSSR count). The highest BCUT2D eigenvalue weighted by atomic mass is 35.5. The topological polar surface area (TPSA) is 111 Å². The number of carboxylic acids is 1. The first-order chi connectivity index (χ1) is 9.78. The van der Waals surface area contributed by atoms with Gasteiger partial charge in [-0.15, -0.1) is 0 Å². The highest BCUT2D eigenvalue weighted by Crippen LogP contribution is 2.19. The Morgan fingerprint density at radius 1 is 1.52 bits per heavy atom. The summed E-state index contributed by atoms with van der Waals surface area (Å²) >= 11 is 5.95. The van der Waals surface area contributed by atoms with Gasteiger partial charge in [-0.2, -0.15) is 13.5 Å². The number of aromatic nitrogens is 3. The smallest absolute Gasteiger partial charge is 0.354 e. The van der Waals surface area contributed by atoms with Crippen LogP contribution in [0, 0.1) is 0 Å². The molecule has 1 N–H and O–H groups in total. The number of pyridine rings is 1. The average molecular weight is 332 g/mol. The summed E-state index contributed by atoms with van der Waals surface area (Å²) in [6.07, 6.45) is 2.32. The molecule has 2 aromatic heterocycles. The number of aromatic carboxylic acids is 1. The SMILES string of the molecule is CS(=O)(=O)OCc1cc(C(=O)O)n(-c2ncccc2Cl)n1. The van der Waals surface area contributed by atoms with E-state index in [1.807, 2.05) is 0 Å². The van der Waals surface area contributed by atoms with Crippen molar-refractivity contribution in [1.82, 2.24) is 14.8 Å². The highest BCUT2D eigenvalue weighted by Gasteiger charge is 2.19. The molecule has 2 heterocycles. The number of nitrogens with zero attached hydrogens (tertiary/aromatic N) is 3. The summed E-state index contributed by atoms with van der Waals surface area (Å²) in [7, 11) is -3.66. The van der Waals surface area contributed by atoms with Gasteiger partial charge >= 0.3 is 5.97 Å². The third kappa shape index (κ3) is 3.78. The zero-order valence-corrected chi connectivity index (χ0v) is 12.3. The van der Waals surface area contributed by atoms with Gasteiger partial charge in [-0.25, -0.2) is 14.5 Å². The van der Waals surface area contributed by atoms with Crippen LogP contribution in [0.25, 0.3) is 5.82 Å². The molecule has 0 bridgehead atoms. The van der Waals surface area contributed by atoms with Crippen LogP contribution in [0.3, 0.4) is 0 Å². The number of carboxylic acid groups (broad SMARTS) is 1. The van der Waals surface area contributed by atoms with Gasteiger partial charge in [-0.1, -0.05) is 11.6 Å². The standard InChI is InChI=1S/C11H10ClN3O5S/c1-21(18,19)20-6-7-5-9(11(16)17)15(14-7)10-8(12)3-2-4-13-10/h2-5H,6H2,1H3,(H,16,17). The van der Waals surface area contributed by atoms with Crippen molar-refractivity contribution < 1.29 is 22.5 Å². The molecule has 10 heteroatoms. The fraction of sp³-hybridized carbons (Fsp3) is 0.182. The molecule has 0 aliphatic rings. The Labute approximate surface area is 125 Å². The van der Waals surface area contributed by atoms with Gasteiger partial charge in [0.05, 0.1) is 17.0 Å². The lowest BCUT2D eigenvalue weighted by Gasteiger charge is -2.04. The summed E-state index contributed by atoms with van der Waals surface area (Å²) in [4.78, 5) is 15.2. The minimum Gasteiger partial charge on any atom is -0.477 e. The maximum absolute atomic E-state index is 11.2. The molecule has 0 aliphatic heterocycles. The quantitative estimate of drug-likeness (QED) is 0.816. The van der Waals surface area contributed by atoms with E-state index in [9.17, 15) is 13.2 Å². The van der Waals surface area contributed by atoms with E-state index in [0.29, 0.717) is 0 Å².